The molecule has 2 N–H and O–H groups in total. The van der Waals surface area contributed by atoms with Crippen LogP contribution in [0, 0.1) is 0 Å². The summed E-state index contributed by atoms with van der Waals surface area (Å²) in [5, 5.41) is 13.2. The molecule has 1 aromatic heterocycles. The van der Waals surface area contributed by atoms with Gasteiger partial charge in [0.25, 0.3) is 0 Å². The molecule has 0 radical (unpaired) electrons. The van der Waals surface area contributed by atoms with Crippen LogP contribution in [0.4, 0.5) is 9.59 Å². The zero-order valence-electron chi connectivity index (χ0n) is 15.9. The number of fused-ring (bicyclic) bond motifs is 1. The van der Waals surface area contributed by atoms with Crippen molar-refractivity contribution >= 4 is 23.2 Å². The average molecular weight is 363 g/mol. The van der Waals surface area contributed by atoms with Gasteiger partial charge in [-0.1, -0.05) is 17.3 Å². The summed E-state index contributed by atoms with van der Waals surface area (Å²) in [5.74, 6) is 0. The minimum absolute atomic E-state index is 0.620. The quantitative estimate of drug-likeness (QED) is 0.812. The smallest absolute Gasteiger partial charge is 0.410 e. The maximum Gasteiger partial charge on any atom is 0.410 e. The topological polar surface area (TPSA) is 107 Å². The molecule has 2 aromatic rings. The summed E-state index contributed by atoms with van der Waals surface area (Å²) in [7, 11) is 0. The number of carbonyl (C=O) groups is 2. The van der Waals surface area contributed by atoms with E-state index >= 15 is 0 Å². The molecule has 0 unspecified atom stereocenters. The van der Waals surface area contributed by atoms with Crippen LogP contribution in [0.3, 0.4) is 0 Å². The van der Waals surface area contributed by atoms with Crippen molar-refractivity contribution in [1.82, 2.24) is 25.6 Å². The van der Waals surface area contributed by atoms with Crippen molar-refractivity contribution in [1.29, 1.82) is 0 Å². The van der Waals surface area contributed by atoms with E-state index in [1.807, 2.05) is 6.07 Å². The second-order valence-electron chi connectivity index (χ2n) is 7.72. The summed E-state index contributed by atoms with van der Waals surface area (Å²) in [5.41, 5.74) is -0.130. The first-order valence-electron chi connectivity index (χ1n) is 8.23. The van der Waals surface area contributed by atoms with Crippen LogP contribution in [0.5, 0.6) is 0 Å². The van der Waals surface area contributed by atoms with Gasteiger partial charge >= 0.3 is 12.2 Å². The molecule has 0 saturated carbocycles. The van der Waals surface area contributed by atoms with Crippen molar-refractivity contribution in [3.05, 3.63) is 24.3 Å². The summed E-state index contributed by atoms with van der Waals surface area (Å²) in [6.45, 7) is 10.5. The monoisotopic (exact) mass is 363 g/mol. The van der Waals surface area contributed by atoms with Gasteiger partial charge in [-0.3, -0.25) is 10.6 Å². The van der Waals surface area contributed by atoms with Crippen LogP contribution in [0.2, 0.25) is 0 Å². The summed E-state index contributed by atoms with van der Waals surface area (Å²) in [6, 6.07) is 7.17. The fourth-order valence-electron chi connectivity index (χ4n) is 2.07. The first-order chi connectivity index (χ1) is 11.9. The van der Waals surface area contributed by atoms with E-state index in [-0.39, 0.29) is 0 Å². The number of hydrogen-bond donors (Lipinski definition) is 2. The summed E-state index contributed by atoms with van der Waals surface area (Å²) in [4.78, 5) is 24.4. The Hall–Kier alpha value is -2.84. The molecular formula is C17H25N5O4. The minimum Gasteiger partial charge on any atom is -0.444 e. The first-order valence-corrected chi connectivity index (χ1v) is 8.23. The van der Waals surface area contributed by atoms with E-state index in [1.54, 1.807) is 59.7 Å². The third-order valence-corrected chi connectivity index (χ3v) is 2.93. The lowest BCUT2D eigenvalue weighted by atomic mass is 10.2. The van der Waals surface area contributed by atoms with E-state index < -0.39 is 29.7 Å². The van der Waals surface area contributed by atoms with Crippen LogP contribution < -0.4 is 10.6 Å². The van der Waals surface area contributed by atoms with E-state index in [1.165, 1.54) is 4.68 Å². The Morgan fingerprint density at radius 1 is 0.962 bits per heavy atom. The van der Waals surface area contributed by atoms with Gasteiger partial charge in [0.15, 0.2) is 0 Å². The summed E-state index contributed by atoms with van der Waals surface area (Å²) >= 11 is 0. The highest BCUT2D eigenvalue weighted by Gasteiger charge is 2.26. The molecule has 9 heteroatoms. The highest BCUT2D eigenvalue weighted by Crippen LogP contribution is 2.15. The van der Waals surface area contributed by atoms with E-state index in [0.29, 0.717) is 11.0 Å². The lowest BCUT2D eigenvalue weighted by Crippen LogP contribution is -2.47. The van der Waals surface area contributed by atoms with Gasteiger partial charge in [0, 0.05) is 0 Å². The SMILES string of the molecule is CC(C)(C)OC(=O)NC(NC(=O)OC(C)(C)C)n1nnc2ccccc21. The molecule has 0 aliphatic rings. The van der Waals surface area contributed by atoms with Crippen LogP contribution in [0.25, 0.3) is 11.0 Å². The number of rotatable bonds is 3. The number of benzene rings is 1. The largest absolute Gasteiger partial charge is 0.444 e. The van der Waals surface area contributed by atoms with Gasteiger partial charge in [-0.25, -0.2) is 14.3 Å². The van der Waals surface area contributed by atoms with Gasteiger partial charge in [-0.2, -0.15) is 0 Å². The van der Waals surface area contributed by atoms with E-state index in [9.17, 15) is 9.59 Å². The highest BCUT2D eigenvalue weighted by molar-refractivity contribution is 5.75. The number of alkyl carbamates (subject to hydrolysis) is 2. The van der Waals surface area contributed by atoms with Crippen molar-refractivity contribution < 1.29 is 19.1 Å². The maximum absolute atomic E-state index is 12.2. The van der Waals surface area contributed by atoms with Crippen LogP contribution in [-0.4, -0.2) is 38.4 Å². The molecule has 26 heavy (non-hydrogen) atoms. The van der Waals surface area contributed by atoms with Crippen molar-refractivity contribution in [3.8, 4) is 0 Å². The Balaban J connectivity index is 2.26. The minimum atomic E-state index is -1.04. The first kappa shape index (κ1) is 19.5. The zero-order valence-corrected chi connectivity index (χ0v) is 15.9. The molecule has 9 nitrogen and oxygen atoms in total. The van der Waals surface area contributed by atoms with Crippen LogP contribution >= 0.6 is 0 Å². The Kier molecular flexibility index (Phi) is 5.38. The predicted molar refractivity (Wildman–Crippen MR) is 95.3 cm³/mol. The van der Waals surface area contributed by atoms with Crippen molar-refractivity contribution in [2.24, 2.45) is 0 Å². The second kappa shape index (κ2) is 7.19. The number of aromatic nitrogens is 3. The lowest BCUT2D eigenvalue weighted by Gasteiger charge is -2.26. The molecule has 0 saturated heterocycles. The number of nitrogens with one attached hydrogen (secondary N) is 2. The Labute approximate surface area is 152 Å². The van der Waals surface area contributed by atoms with Gasteiger partial charge < -0.3 is 9.47 Å². The van der Waals surface area contributed by atoms with Crippen molar-refractivity contribution in [2.75, 3.05) is 0 Å². The molecule has 2 amide bonds. The van der Waals surface area contributed by atoms with Crippen LogP contribution in [-0.2, 0) is 9.47 Å². The fourth-order valence-corrected chi connectivity index (χ4v) is 2.07. The van der Waals surface area contributed by atoms with Crippen molar-refractivity contribution in [3.63, 3.8) is 0 Å². The van der Waals surface area contributed by atoms with E-state index in [0.717, 1.165) is 0 Å². The third-order valence-electron chi connectivity index (χ3n) is 2.93. The highest BCUT2D eigenvalue weighted by atomic mass is 16.6. The third kappa shape index (κ3) is 5.61. The zero-order chi connectivity index (χ0) is 19.5. The normalized spacial score (nSPS) is 12.1. The standard InChI is InChI=1S/C17H25N5O4/c1-16(2,3)25-14(23)18-13(19-15(24)26-17(4,5)6)22-12-10-8-7-9-11(12)20-21-22/h7-10,13H,1-6H3,(H,18,23)(H,19,24). The molecule has 0 aliphatic heterocycles. The molecule has 0 spiro atoms. The van der Waals surface area contributed by atoms with Gasteiger partial charge in [0.1, 0.15) is 16.7 Å². The molecule has 0 atom stereocenters. The van der Waals surface area contributed by atoms with E-state index in [2.05, 4.69) is 20.9 Å². The molecule has 1 aromatic carbocycles. The maximum atomic E-state index is 12.2. The Bertz CT molecular complexity index is 758. The number of hydrogen-bond acceptors (Lipinski definition) is 6. The number of para-hydroxylation sites is 1. The molecule has 0 fully saturated rings. The molecule has 2 rings (SSSR count). The van der Waals surface area contributed by atoms with Gasteiger partial charge in [0.2, 0.25) is 6.29 Å². The molecule has 0 bridgehead atoms. The van der Waals surface area contributed by atoms with Gasteiger partial charge in [0.05, 0.1) is 5.52 Å². The summed E-state index contributed by atoms with van der Waals surface area (Å²) in [6.07, 6.45) is -2.46. The molecule has 0 aliphatic carbocycles. The number of ether oxygens (including phenoxy) is 2. The second-order valence-corrected chi connectivity index (χ2v) is 7.72. The van der Waals surface area contributed by atoms with Crippen LogP contribution in [0.15, 0.2) is 24.3 Å². The molecular weight excluding hydrogens is 338 g/mol. The van der Waals surface area contributed by atoms with E-state index in [4.69, 9.17) is 9.47 Å². The van der Waals surface area contributed by atoms with Gasteiger partial charge in [-0.15, -0.1) is 5.10 Å². The summed E-state index contributed by atoms with van der Waals surface area (Å²) < 4.78 is 11.9. The Morgan fingerprint density at radius 3 is 1.96 bits per heavy atom. The average Bonchev–Trinajstić information content (AvgIpc) is 2.86. The fraction of sp³-hybridized carbons (Fsp3) is 0.529. The van der Waals surface area contributed by atoms with Gasteiger partial charge in [-0.05, 0) is 53.7 Å². The number of nitrogens with zero attached hydrogens (tertiary/aromatic N) is 3. The number of amides is 2. The Morgan fingerprint density at radius 2 is 1.46 bits per heavy atom. The van der Waals surface area contributed by atoms with Crippen LogP contribution in [0.1, 0.15) is 47.8 Å². The molecule has 142 valence electrons. The lowest BCUT2D eigenvalue weighted by molar-refractivity contribution is 0.0373. The predicted octanol–water partition coefficient (Wildman–Crippen LogP) is 2.94. The molecule has 1 heterocycles. The number of carbonyl (C=O) groups excluding carboxylic acids is 2. The van der Waals surface area contributed by atoms with Crippen molar-refractivity contribution in [2.45, 2.75) is 59.0 Å².